The Morgan fingerprint density at radius 2 is 1.33 bits per heavy atom. The van der Waals surface area contributed by atoms with E-state index in [-0.39, 0.29) is 5.78 Å². The van der Waals surface area contributed by atoms with E-state index in [2.05, 4.69) is 0 Å². The lowest BCUT2D eigenvalue weighted by atomic mass is 9.87. The number of carbonyl (C=O) groups is 1. The number of allylic oxidation sites excluding steroid dienone is 2. The van der Waals surface area contributed by atoms with E-state index in [0.717, 1.165) is 41.5 Å². The van der Waals surface area contributed by atoms with Crippen LogP contribution in [0.1, 0.15) is 30.4 Å². The minimum atomic E-state index is 0.110. The van der Waals surface area contributed by atoms with E-state index in [1.165, 1.54) is 0 Å². The van der Waals surface area contributed by atoms with Crippen molar-refractivity contribution in [2.75, 3.05) is 21.3 Å². The lowest BCUT2D eigenvalue weighted by Crippen LogP contribution is -2.12. The molecule has 0 N–H and O–H groups in total. The molecular weight excluding hydrogens is 340 g/mol. The van der Waals surface area contributed by atoms with Gasteiger partial charge < -0.3 is 14.2 Å². The summed E-state index contributed by atoms with van der Waals surface area (Å²) < 4.78 is 16.2. The molecule has 0 bridgehead atoms. The largest absolute Gasteiger partial charge is 0.493 e. The summed E-state index contributed by atoms with van der Waals surface area (Å²) >= 11 is 0. The molecule has 2 aromatic rings. The second-order valence-corrected chi connectivity index (χ2v) is 6.39. The van der Waals surface area contributed by atoms with Crippen LogP contribution in [0.5, 0.6) is 17.2 Å². The fourth-order valence-corrected chi connectivity index (χ4v) is 3.31. The van der Waals surface area contributed by atoms with Gasteiger partial charge in [-0.15, -0.1) is 0 Å². The average molecular weight is 364 g/mol. The van der Waals surface area contributed by atoms with Crippen molar-refractivity contribution in [2.24, 2.45) is 0 Å². The van der Waals surface area contributed by atoms with Gasteiger partial charge in [0.1, 0.15) is 0 Å². The molecule has 1 aliphatic carbocycles. The summed E-state index contributed by atoms with van der Waals surface area (Å²) in [5.74, 6) is 1.81. The first kappa shape index (κ1) is 18.8. The highest BCUT2D eigenvalue weighted by Gasteiger charge is 2.21. The van der Waals surface area contributed by atoms with Gasteiger partial charge in [-0.1, -0.05) is 30.3 Å². The van der Waals surface area contributed by atoms with Gasteiger partial charge in [-0.2, -0.15) is 0 Å². The van der Waals surface area contributed by atoms with Crippen molar-refractivity contribution in [1.29, 1.82) is 0 Å². The maximum absolute atomic E-state index is 12.9. The summed E-state index contributed by atoms with van der Waals surface area (Å²) in [5, 5.41) is 0. The fourth-order valence-electron chi connectivity index (χ4n) is 3.31. The van der Waals surface area contributed by atoms with E-state index >= 15 is 0 Å². The first-order valence-corrected chi connectivity index (χ1v) is 8.97. The molecule has 0 heterocycles. The number of carbonyl (C=O) groups excluding carboxylic acids is 1. The lowest BCUT2D eigenvalue weighted by molar-refractivity contribution is -0.112. The Morgan fingerprint density at radius 1 is 0.778 bits per heavy atom. The van der Waals surface area contributed by atoms with Crippen molar-refractivity contribution in [3.05, 3.63) is 64.7 Å². The normalized spacial score (nSPS) is 17.2. The van der Waals surface area contributed by atoms with Crippen LogP contribution in [-0.2, 0) is 4.79 Å². The third-order valence-electron chi connectivity index (χ3n) is 4.64. The van der Waals surface area contributed by atoms with Gasteiger partial charge in [0.05, 0.1) is 21.3 Å². The van der Waals surface area contributed by atoms with E-state index in [9.17, 15) is 4.79 Å². The van der Waals surface area contributed by atoms with Crippen LogP contribution in [-0.4, -0.2) is 27.1 Å². The molecule has 0 unspecified atom stereocenters. The summed E-state index contributed by atoms with van der Waals surface area (Å²) in [7, 11) is 4.74. The van der Waals surface area contributed by atoms with Crippen molar-refractivity contribution in [2.45, 2.75) is 19.3 Å². The zero-order valence-electron chi connectivity index (χ0n) is 16.0. The summed E-state index contributed by atoms with van der Waals surface area (Å²) in [5.41, 5.74) is 3.56. The number of ketones is 1. The molecular formula is C23H24O4. The van der Waals surface area contributed by atoms with Crippen LogP contribution in [0.25, 0.3) is 12.2 Å². The average Bonchev–Trinajstić information content (AvgIpc) is 2.71. The molecule has 1 fully saturated rings. The van der Waals surface area contributed by atoms with Crippen molar-refractivity contribution >= 4 is 17.9 Å². The number of benzene rings is 2. The Kier molecular flexibility index (Phi) is 5.97. The molecule has 2 aromatic carbocycles. The van der Waals surface area contributed by atoms with Gasteiger partial charge in [0.25, 0.3) is 0 Å². The predicted molar refractivity (Wildman–Crippen MR) is 107 cm³/mol. The van der Waals surface area contributed by atoms with Crippen LogP contribution in [0.4, 0.5) is 0 Å². The topological polar surface area (TPSA) is 44.8 Å². The van der Waals surface area contributed by atoms with Crippen LogP contribution in [0.2, 0.25) is 0 Å². The third kappa shape index (κ3) is 4.22. The van der Waals surface area contributed by atoms with Crippen molar-refractivity contribution < 1.29 is 19.0 Å². The van der Waals surface area contributed by atoms with E-state index in [1.807, 2.05) is 54.6 Å². The quantitative estimate of drug-likeness (QED) is 0.706. The number of hydrogen-bond acceptors (Lipinski definition) is 4. The molecule has 1 aliphatic rings. The van der Waals surface area contributed by atoms with Crippen LogP contribution in [0.3, 0.4) is 0 Å². The van der Waals surface area contributed by atoms with E-state index < -0.39 is 0 Å². The molecule has 1 saturated carbocycles. The number of methoxy groups -OCH3 is 3. The van der Waals surface area contributed by atoms with Crippen LogP contribution in [0.15, 0.2) is 53.6 Å². The Morgan fingerprint density at radius 3 is 1.85 bits per heavy atom. The van der Waals surface area contributed by atoms with E-state index in [1.54, 1.807) is 21.3 Å². The third-order valence-corrected chi connectivity index (χ3v) is 4.64. The molecule has 0 atom stereocenters. The van der Waals surface area contributed by atoms with Gasteiger partial charge in [0, 0.05) is 11.1 Å². The number of hydrogen-bond donors (Lipinski definition) is 0. The molecule has 0 aliphatic heterocycles. The Labute approximate surface area is 160 Å². The van der Waals surface area contributed by atoms with Gasteiger partial charge in [-0.05, 0) is 54.7 Å². The summed E-state index contributed by atoms with van der Waals surface area (Å²) in [6.07, 6.45) is 6.44. The van der Waals surface area contributed by atoms with Gasteiger partial charge in [-0.25, -0.2) is 0 Å². The Balaban J connectivity index is 1.95. The van der Waals surface area contributed by atoms with Gasteiger partial charge >= 0.3 is 0 Å². The molecule has 4 heteroatoms. The van der Waals surface area contributed by atoms with Crippen LogP contribution >= 0.6 is 0 Å². The smallest absolute Gasteiger partial charge is 0.203 e. The second-order valence-electron chi connectivity index (χ2n) is 6.39. The maximum atomic E-state index is 12.9. The zero-order valence-corrected chi connectivity index (χ0v) is 16.0. The molecule has 0 radical (unpaired) electrons. The molecule has 27 heavy (non-hydrogen) atoms. The molecule has 3 rings (SSSR count). The highest BCUT2D eigenvalue weighted by Crippen LogP contribution is 2.39. The molecule has 0 amide bonds. The summed E-state index contributed by atoms with van der Waals surface area (Å²) in [4.78, 5) is 12.9. The monoisotopic (exact) mass is 364 g/mol. The van der Waals surface area contributed by atoms with E-state index in [4.69, 9.17) is 14.2 Å². The highest BCUT2D eigenvalue weighted by atomic mass is 16.5. The zero-order chi connectivity index (χ0) is 19.2. The van der Waals surface area contributed by atoms with Crippen LogP contribution in [0, 0.1) is 0 Å². The van der Waals surface area contributed by atoms with Crippen LogP contribution < -0.4 is 14.2 Å². The van der Waals surface area contributed by atoms with Gasteiger partial charge in [-0.3, -0.25) is 4.79 Å². The SMILES string of the molecule is COc1cc(/C=C2\CCC/C(=C\c3ccccc3)C2=O)cc(OC)c1OC. The number of rotatable bonds is 5. The predicted octanol–water partition coefficient (Wildman–Crippen LogP) is 4.93. The first-order valence-electron chi connectivity index (χ1n) is 8.97. The second kappa shape index (κ2) is 8.58. The fraction of sp³-hybridized carbons (Fsp3) is 0.261. The number of ether oxygens (including phenoxy) is 3. The van der Waals surface area contributed by atoms with Crippen molar-refractivity contribution in [1.82, 2.24) is 0 Å². The summed E-state index contributed by atoms with van der Waals surface area (Å²) in [6, 6.07) is 13.7. The van der Waals surface area contributed by atoms with Gasteiger partial charge in [0.15, 0.2) is 17.3 Å². The van der Waals surface area contributed by atoms with Crippen molar-refractivity contribution in [3.63, 3.8) is 0 Å². The molecule has 0 aromatic heterocycles. The highest BCUT2D eigenvalue weighted by molar-refractivity contribution is 6.14. The lowest BCUT2D eigenvalue weighted by Gasteiger charge is -2.17. The Bertz CT molecular complexity index is 854. The minimum absolute atomic E-state index is 0.110. The van der Waals surface area contributed by atoms with E-state index in [0.29, 0.717) is 17.2 Å². The minimum Gasteiger partial charge on any atom is -0.493 e. The maximum Gasteiger partial charge on any atom is 0.203 e. The van der Waals surface area contributed by atoms with Gasteiger partial charge in [0.2, 0.25) is 5.75 Å². The standard InChI is InChI=1S/C23H24O4/c1-25-20-14-17(15-21(26-2)23(20)27-3)13-19-11-7-10-18(22(19)24)12-16-8-5-4-6-9-16/h4-6,8-9,12-15H,7,10-11H2,1-3H3/b18-12+,19-13+. The molecule has 140 valence electrons. The molecule has 4 nitrogen and oxygen atoms in total. The first-order chi connectivity index (χ1) is 13.2. The molecule has 0 saturated heterocycles. The summed E-state index contributed by atoms with van der Waals surface area (Å²) in [6.45, 7) is 0. The van der Waals surface area contributed by atoms with Crippen molar-refractivity contribution in [3.8, 4) is 17.2 Å². The molecule has 0 spiro atoms. The number of Topliss-reactive ketones (excluding diaryl/α,β-unsaturated/α-hetero) is 1. The Hall–Kier alpha value is -3.01.